The van der Waals surface area contributed by atoms with E-state index in [4.69, 9.17) is 0 Å². The van der Waals surface area contributed by atoms with Gasteiger partial charge in [0.15, 0.2) is 11.2 Å². The number of fused-ring (bicyclic) bond motifs is 2. The molecule has 9 heteroatoms. The summed E-state index contributed by atoms with van der Waals surface area (Å²) in [6.45, 7) is 0.519. The molecular weight excluding hydrogens is 354 g/mol. The molecule has 26 heavy (non-hydrogen) atoms. The Morgan fingerprint density at radius 3 is 3.00 bits per heavy atom. The quantitative estimate of drug-likeness (QED) is 0.487. The summed E-state index contributed by atoms with van der Waals surface area (Å²) in [5.41, 5.74) is 1.04. The fraction of sp³-hybridized carbons (Fsp3) is 0.353. The zero-order chi connectivity index (χ0) is 17.9. The molecule has 134 valence electrons. The molecule has 0 aromatic carbocycles. The first-order valence-electron chi connectivity index (χ1n) is 8.37. The summed E-state index contributed by atoms with van der Waals surface area (Å²) < 4.78 is 3.28. The molecule has 1 fully saturated rings. The fourth-order valence-corrected chi connectivity index (χ4v) is 4.33. The maximum atomic E-state index is 12.8. The Hall–Kier alpha value is -2.49. The molecule has 4 heterocycles. The standard InChI is InChI=1S/C17H17N5O3S/c23-6-10-4-17(10,8-24)7-21-9-18-13-14(21)20-16-19-11(5-22(16)15(13)25)12-2-1-3-26-12/h1-3,5,9-10,23-24H,4,6-8H2,(H,19,20)/t10-,17+/m1/s1. The topological polar surface area (TPSA) is 108 Å². The summed E-state index contributed by atoms with van der Waals surface area (Å²) in [4.78, 5) is 25.9. The van der Waals surface area contributed by atoms with Crippen LogP contribution in [0.3, 0.4) is 0 Å². The van der Waals surface area contributed by atoms with Gasteiger partial charge in [0, 0.05) is 24.8 Å². The van der Waals surface area contributed by atoms with Gasteiger partial charge in [0.25, 0.3) is 5.56 Å². The summed E-state index contributed by atoms with van der Waals surface area (Å²) in [7, 11) is 0. The number of aliphatic hydroxyl groups is 2. The number of nitrogens with zero attached hydrogens (tertiary/aromatic N) is 4. The van der Waals surface area contributed by atoms with E-state index in [0.717, 1.165) is 17.0 Å². The number of nitrogens with one attached hydrogen (secondary N) is 1. The maximum absolute atomic E-state index is 12.8. The van der Waals surface area contributed by atoms with Crippen LogP contribution in [0.5, 0.6) is 0 Å². The Morgan fingerprint density at radius 1 is 1.42 bits per heavy atom. The highest BCUT2D eigenvalue weighted by molar-refractivity contribution is 7.13. The van der Waals surface area contributed by atoms with Crippen LogP contribution in [-0.4, -0.2) is 47.3 Å². The lowest BCUT2D eigenvalue weighted by molar-refractivity contribution is 0.159. The zero-order valence-corrected chi connectivity index (χ0v) is 14.6. The molecule has 0 spiro atoms. The first-order valence-corrected chi connectivity index (χ1v) is 9.25. The Kier molecular flexibility index (Phi) is 3.33. The number of aromatic amines is 1. The summed E-state index contributed by atoms with van der Waals surface area (Å²) in [5.74, 6) is 0.533. The number of rotatable bonds is 5. The smallest absolute Gasteiger partial charge is 0.287 e. The molecule has 1 saturated carbocycles. The lowest BCUT2D eigenvalue weighted by atomic mass is 10.1. The van der Waals surface area contributed by atoms with Crippen molar-refractivity contribution in [3.63, 3.8) is 0 Å². The van der Waals surface area contributed by atoms with E-state index < -0.39 is 0 Å². The maximum Gasteiger partial charge on any atom is 0.287 e. The molecule has 4 aromatic heterocycles. The van der Waals surface area contributed by atoms with Gasteiger partial charge in [-0.1, -0.05) is 6.07 Å². The highest BCUT2D eigenvalue weighted by Crippen LogP contribution is 2.53. The number of aliphatic hydroxyl groups excluding tert-OH is 2. The molecule has 0 unspecified atom stereocenters. The van der Waals surface area contributed by atoms with Crippen LogP contribution in [0, 0.1) is 11.3 Å². The van der Waals surface area contributed by atoms with Gasteiger partial charge in [0.1, 0.15) is 0 Å². The van der Waals surface area contributed by atoms with Gasteiger partial charge in [-0.25, -0.2) is 9.38 Å². The highest BCUT2D eigenvalue weighted by Gasteiger charge is 2.53. The van der Waals surface area contributed by atoms with Gasteiger partial charge in [0.05, 0.1) is 23.5 Å². The Balaban J connectivity index is 1.63. The fourth-order valence-electron chi connectivity index (χ4n) is 3.64. The van der Waals surface area contributed by atoms with Crippen LogP contribution in [0.1, 0.15) is 6.42 Å². The van der Waals surface area contributed by atoms with E-state index in [1.807, 2.05) is 17.5 Å². The van der Waals surface area contributed by atoms with E-state index in [1.54, 1.807) is 28.4 Å². The zero-order valence-electron chi connectivity index (χ0n) is 13.8. The van der Waals surface area contributed by atoms with Crippen LogP contribution >= 0.6 is 11.3 Å². The lowest BCUT2D eigenvalue weighted by Crippen LogP contribution is -2.20. The van der Waals surface area contributed by atoms with E-state index in [1.165, 1.54) is 4.40 Å². The molecule has 8 nitrogen and oxygen atoms in total. The minimum Gasteiger partial charge on any atom is -0.396 e. The summed E-state index contributed by atoms with van der Waals surface area (Å²) in [6.07, 6.45) is 4.08. The second kappa shape index (κ2) is 5.50. The predicted molar refractivity (Wildman–Crippen MR) is 97.1 cm³/mol. The van der Waals surface area contributed by atoms with E-state index >= 15 is 0 Å². The van der Waals surface area contributed by atoms with Gasteiger partial charge in [0.2, 0.25) is 5.78 Å². The van der Waals surface area contributed by atoms with Crippen LogP contribution in [-0.2, 0) is 6.54 Å². The molecule has 1 aliphatic rings. The number of H-pyrrole nitrogens is 1. The van der Waals surface area contributed by atoms with Gasteiger partial charge < -0.3 is 19.8 Å². The molecule has 1 aliphatic carbocycles. The van der Waals surface area contributed by atoms with Crippen molar-refractivity contribution in [2.24, 2.45) is 11.3 Å². The normalized spacial score (nSPS) is 22.5. The largest absolute Gasteiger partial charge is 0.396 e. The van der Waals surface area contributed by atoms with Crippen molar-refractivity contribution in [2.45, 2.75) is 13.0 Å². The van der Waals surface area contributed by atoms with Crippen molar-refractivity contribution < 1.29 is 10.2 Å². The Bertz CT molecular complexity index is 1160. The van der Waals surface area contributed by atoms with E-state index in [9.17, 15) is 15.0 Å². The van der Waals surface area contributed by atoms with Gasteiger partial charge in [-0.2, -0.15) is 4.98 Å². The average molecular weight is 371 g/mol. The second-order valence-electron chi connectivity index (χ2n) is 6.90. The molecule has 4 aromatic rings. The van der Waals surface area contributed by atoms with Gasteiger partial charge >= 0.3 is 0 Å². The molecule has 0 amide bonds. The monoisotopic (exact) mass is 371 g/mol. The third-order valence-electron chi connectivity index (χ3n) is 5.34. The highest BCUT2D eigenvalue weighted by atomic mass is 32.1. The number of hydrogen-bond donors (Lipinski definition) is 3. The second-order valence-corrected chi connectivity index (χ2v) is 7.85. The van der Waals surface area contributed by atoms with Gasteiger partial charge in [-0.3, -0.25) is 4.79 Å². The average Bonchev–Trinajstić information content (AvgIpc) is 3.09. The van der Waals surface area contributed by atoms with E-state index in [2.05, 4.69) is 15.0 Å². The third-order valence-corrected chi connectivity index (χ3v) is 6.25. The van der Waals surface area contributed by atoms with E-state index in [-0.39, 0.29) is 30.1 Å². The predicted octanol–water partition coefficient (Wildman–Crippen LogP) is 1.09. The molecule has 2 atom stereocenters. The van der Waals surface area contributed by atoms with Crippen molar-refractivity contribution in [1.29, 1.82) is 0 Å². The van der Waals surface area contributed by atoms with Crippen LogP contribution < -0.4 is 5.56 Å². The molecular formula is C17H17N5O3S. The number of thiophene rings is 1. The van der Waals surface area contributed by atoms with Gasteiger partial charge in [-0.15, -0.1) is 11.3 Å². The molecule has 0 bridgehead atoms. The Morgan fingerprint density at radius 2 is 2.31 bits per heavy atom. The molecule has 3 N–H and O–H groups in total. The van der Waals surface area contributed by atoms with Gasteiger partial charge in [-0.05, 0) is 23.8 Å². The number of hydrogen-bond acceptors (Lipinski definition) is 6. The van der Waals surface area contributed by atoms with E-state index in [0.29, 0.717) is 23.5 Å². The number of aromatic nitrogens is 5. The Labute approximate surface area is 151 Å². The summed E-state index contributed by atoms with van der Waals surface area (Å²) >= 11 is 1.58. The molecule has 5 rings (SSSR count). The minimum atomic E-state index is -0.354. The van der Waals surface area contributed by atoms with Crippen molar-refractivity contribution in [3.8, 4) is 10.6 Å². The first-order chi connectivity index (χ1) is 12.6. The molecule has 0 saturated heterocycles. The van der Waals surface area contributed by atoms with Crippen LogP contribution in [0.2, 0.25) is 0 Å². The van der Waals surface area contributed by atoms with Crippen molar-refractivity contribution in [2.75, 3.05) is 13.2 Å². The summed E-state index contributed by atoms with van der Waals surface area (Å²) in [6, 6.07) is 3.93. The third kappa shape index (κ3) is 2.17. The van der Waals surface area contributed by atoms with Crippen LogP contribution in [0.15, 0.2) is 34.8 Å². The van der Waals surface area contributed by atoms with Crippen LogP contribution in [0.4, 0.5) is 0 Å². The summed E-state index contributed by atoms with van der Waals surface area (Å²) in [5, 5.41) is 21.1. The van der Waals surface area contributed by atoms with Crippen LogP contribution in [0.25, 0.3) is 27.5 Å². The number of imidazole rings is 2. The SMILES string of the molecule is O=c1c2ncn(C[C@]3(CO)C[C@@H]3CO)c2nc2[nH]c(-c3cccs3)cn12. The van der Waals surface area contributed by atoms with Crippen molar-refractivity contribution in [1.82, 2.24) is 23.9 Å². The van der Waals surface area contributed by atoms with Crippen molar-refractivity contribution >= 4 is 28.3 Å². The molecule has 0 radical (unpaired) electrons. The van der Waals surface area contributed by atoms with Crippen molar-refractivity contribution in [3.05, 3.63) is 40.4 Å². The molecule has 0 aliphatic heterocycles. The first kappa shape index (κ1) is 15.7. The minimum absolute atomic E-state index is 0.00977. The lowest BCUT2D eigenvalue weighted by Gasteiger charge is -2.14.